The third-order valence-electron chi connectivity index (χ3n) is 3.14. The highest BCUT2D eigenvalue weighted by molar-refractivity contribution is 5.29. The lowest BCUT2D eigenvalue weighted by Crippen LogP contribution is -2.07. The first-order valence-corrected chi connectivity index (χ1v) is 6.01. The van der Waals surface area contributed by atoms with E-state index >= 15 is 0 Å². The maximum absolute atomic E-state index is 5.87. The Hall–Kier alpha value is -1.68. The summed E-state index contributed by atoms with van der Waals surface area (Å²) in [6.07, 6.45) is 6.29. The van der Waals surface area contributed by atoms with Gasteiger partial charge in [-0.25, -0.2) is 9.67 Å². The fraction of sp³-hybridized carbons (Fsp3) is 0.385. The highest BCUT2D eigenvalue weighted by Gasteiger charge is 2.25. The van der Waals surface area contributed by atoms with Gasteiger partial charge in [-0.05, 0) is 43.5 Å². The smallest absolute Gasteiger partial charge is 0.153 e. The van der Waals surface area contributed by atoms with E-state index in [4.69, 9.17) is 5.73 Å². The summed E-state index contributed by atoms with van der Waals surface area (Å²) < 4.78 is 1.83. The Bertz CT molecular complexity index is 526. The Balaban J connectivity index is 1.93. The maximum atomic E-state index is 5.87. The van der Waals surface area contributed by atoms with Crippen LogP contribution in [-0.4, -0.2) is 14.8 Å². The predicted octanol–water partition coefficient (Wildman–Crippen LogP) is 2.16. The molecule has 0 aliphatic heterocycles. The molecule has 1 aliphatic rings. The Morgan fingerprint density at radius 3 is 2.94 bits per heavy atom. The second kappa shape index (κ2) is 3.96. The number of hydrogen-bond acceptors (Lipinski definition) is 3. The van der Waals surface area contributed by atoms with E-state index in [1.807, 2.05) is 29.9 Å². The number of nitrogens with two attached hydrogens (primary N) is 1. The lowest BCUT2D eigenvalue weighted by molar-refractivity contribution is 0.785. The predicted molar refractivity (Wildman–Crippen MR) is 65.9 cm³/mol. The third kappa shape index (κ3) is 2.08. The molecule has 4 nitrogen and oxygen atoms in total. The summed E-state index contributed by atoms with van der Waals surface area (Å²) in [5, 5.41) is 4.56. The standard InChI is InChI=1S/C13H16N4/c1-9(14)11-4-6-15-13(8-11)17-7-5-12(16-17)10-2-3-10/h4-10H,2-3,14H2,1H3. The van der Waals surface area contributed by atoms with Crippen LogP contribution in [0.2, 0.25) is 0 Å². The minimum Gasteiger partial charge on any atom is -0.324 e. The van der Waals surface area contributed by atoms with Crippen LogP contribution in [0.5, 0.6) is 0 Å². The van der Waals surface area contributed by atoms with Crippen molar-refractivity contribution >= 4 is 0 Å². The molecule has 2 aromatic heterocycles. The summed E-state index contributed by atoms with van der Waals surface area (Å²) >= 11 is 0. The van der Waals surface area contributed by atoms with Crippen LogP contribution in [0.1, 0.15) is 43.0 Å². The molecular formula is C13H16N4. The van der Waals surface area contributed by atoms with Crippen LogP contribution >= 0.6 is 0 Å². The maximum Gasteiger partial charge on any atom is 0.153 e. The molecule has 4 heteroatoms. The zero-order valence-electron chi connectivity index (χ0n) is 9.87. The third-order valence-corrected chi connectivity index (χ3v) is 3.14. The summed E-state index contributed by atoms with van der Waals surface area (Å²) in [4.78, 5) is 4.33. The average molecular weight is 228 g/mol. The monoisotopic (exact) mass is 228 g/mol. The Morgan fingerprint density at radius 1 is 1.41 bits per heavy atom. The molecule has 2 N–H and O–H groups in total. The molecule has 88 valence electrons. The minimum atomic E-state index is 0.0233. The molecule has 0 saturated heterocycles. The molecule has 1 atom stereocenters. The molecule has 1 unspecified atom stereocenters. The summed E-state index contributed by atoms with van der Waals surface area (Å²) in [6.45, 7) is 1.97. The highest BCUT2D eigenvalue weighted by atomic mass is 15.3. The van der Waals surface area contributed by atoms with Gasteiger partial charge >= 0.3 is 0 Å². The van der Waals surface area contributed by atoms with E-state index in [2.05, 4.69) is 16.1 Å². The lowest BCUT2D eigenvalue weighted by atomic mass is 10.1. The van der Waals surface area contributed by atoms with E-state index in [0.717, 1.165) is 11.4 Å². The van der Waals surface area contributed by atoms with Gasteiger partial charge in [-0.15, -0.1) is 0 Å². The summed E-state index contributed by atoms with van der Waals surface area (Å²) in [5.41, 5.74) is 8.13. The first-order valence-electron chi connectivity index (χ1n) is 6.01. The van der Waals surface area contributed by atoms with Gasteiger partial charge in [0.2, 0.25) is 0 Å². The molecule has 0 bridgehead atoms. The SMILES string of the molecule is CC(N)c1ccnc(-n2ccc(C3CC3)n2)c1. The Morgan fingerprint density at radius 2 is 2.24 bits per heavy atom. The van der Waals surface area contributed by atoms with Gasteiger partial charge in [0.1, 0.15) is 0 Å². The van der Waals surface area contributed by atoms with Gasteiger partial charge in [-0.1, -0.05) is 0 Å². The largest absolute Gasteiger partial charge is 0.324 e. The van der Waals surface area contributed by atoms with Gasteiger partial charge in [-0.2, -0.15) is 5.10 Å². The zero-order chi connectivity index (χ0) is 11.8. The molecule has 1 fully saturated rings. The van der Waals surface area contributed by atoms with Gasteiger partial charge < -0.3 is 5.73 Å². The zero-order valence-corrected chi connectivity index (χ0v) is 9.87. The molecule has 2 heterocycles. The fourth-order valence-electron chi connectivity index (χ4n) is 1.91. The number of aromatic nitrogens is 3. The van der Waals surface area contributed by atoms with Crippen molar-refractivity contribution in [2.45, 2.75) is 31.7 Å². The molecule has 1 aliphatic carbocycles. The molecule has 0 amide bonds. The van der Waals surface area contributed by atoms with E-state index in [1.54, 1.807) is 6.20 Å². The summed E-state index contributed by atoms with van der Waals surface area (Å²) in [6, 6.07) is 6.04. The van der Waals surface area contributed by atoms with Gasteiger partial charge in [-0.3, -0.25) is 0 Å². The first kappa shape index (κ1) is 10.5. The van der Waals surface area contributed by atoms with E-state index in [1.165, 1.54) is 18.5 Å². The van der Waals surface area contributed by atoms with Gasteiger partial charge in [0, 0.05) is 24.4 Å². The lowest BCUT2D eigenvalue weighted by Gasteiger charge is -2.07. The number of pyridine rings is 1. The minimum absolute atomic E-state index is 0.0233. The number of rotatable bonds is 3. The van der Waals surface area contributed by atoms with Crippen molar-refractivity contribution in [2.75, 3.05) is 0 Å². The van der Waals surface area contributed by atoms with Crippen molar-refractivity contribution in [3.8, 4) is 5.82 Å². The molecule has 0 spiro atoms. The molecular weight excluding hydrogens is 212 g/mol. The quantitative estimate of drug-likeness (QED) is 0.875. The van der Waals surface area contributed by atoms with Crippen molar-refractivity contribution in [3.63, 3.8) is 0 Å². The normalized spacial score (nSPS) is 17.1. The van der Waals surface area contributed by atoms with E-state index in [9.17, 15) is 0 Å². The van der Waals surface area contributed by atoms with Crippen LogP contribution in [-0.2, 0) is 0 Å². The van der Waals surface area contributed by atoms with Gasteiger partial charge in [0.25, 0.3) is 0 Å². The van der Waals surface area contributed by atoms with Crippen LogP contribution in [0, 0.1) is 0 Å². The van der Waals surface area contributed by atoms with Gasteiger partial charge in [0.15, 0.2) is 5.82 Å². The van der Waals surface area contributed by atoms with Crippen LogP contribution in [0.3, 0.4) is 0 Å². The highest BCUT2D eigenvalue weighted by Crippen LogP contribution is 2.38. The van der Waals surface area contributed by atoms with Crippen LogP contribution in [0.25, 0.3) is 5.82 Å². The van der Waals surface area contributed by atoms with Gasteiger partial charge in [0.05, 0.1) is 5.69 Å². The van der Waals surface area contributed by atoms with Crippen molar-refractivity contribution in [1.29, 1.82) is 0 Å². The topological polar surface area (TPSA) is 56.7 Å². The van der Waals surface area contributed by atoms with E-state index in [0.29, 0.717) is 5.92 Å². The molecule has 17 heavy (non-hydrogen) atoms. The number of nitrogens with zero attached hydrogens (tertiary/aromatic N) is 3. The first-order chi connectivity index (χ1) is 8.24. The second-order valence-electron chi connectivity index (χ2n) is 4.70. The average Bonchev–Trinajstić information content (AvgIpc) is 3.07. The van der Waals surface area contributed by atoms with E-state index < -0.39 is 0 Å². The molecule has 2 aromatic rings. The van der Waals surface area contributed by atoms with Crippen LogP contribution < -0.4 is 5.73 Å². The van der Waals surface area contributed by atoms with Crippen LogP contribution in [0.15, 0.2) is 30.6 Å². The second-order valence-corrected chi connectivity index (χ2v) is 4.70. The number of hydrogen-bond donors (Lipinski definition) is 1. The van der Waals surface area contributed by atoms with Crippen molar-refractivity contribution in [2.24, 2.45) is 5.73 Å². The van der Waals surface area contributed by atoms with Crippen LogP contribution in [0.4, 0.5) is 0 Å². The molecule has 1 saturated carbocycles. The summed E-state index contributed by atoms with van der Waals surface area (Å²) in [5.74, 6) is 1.51. The van der Waals surface area contributed by atoms with Crippen molar-refractivity contribution < 1.29 is 0 Å². The summed E-state index contributed by atoms with van der Waals surface area (Å²) in [7, 11) is 0. The molecule has 3 rings (SSSR count). The van der Waals surface area contributed by atoms with E-state index in [-0.39, 0.29) is 6.04 Å². The Labute approximate surface area is 100 Å². The fourth-order valence-corrected chi connectivity index (χ4v) is 1.91. The van der Waals surface area contributed by atoms with Crippen molar-refractivity contribution in [1.82, 2.24) is 14.8 Å². The van der Waals surface area contributed by atoms with Crippen molar-refractivity contribution in [3.05, 3.63) is 41.9 Å². The molecule has 0 aromatic carbocycles. The molecule has 0 radical (unpaired) electrons. The Kier molecular flexibility index (Phi) is 2.44.